The van der Waals surface area contributed by atoms with E-state index in [0.717, 1.165) is 29.1 Å². The van der Waals surface area contributed by atoms with Crippen molar-refractivity contribution in [3.8, 4) is 11.6 Å². The molecule has 3 heterocycles. The maximum atomic E-state index is 12.4. The number of aryl methyl sites for hydroxylation is 2. The van der Waals surface area contributed by atoms with Crippen molar-refractivity contribution in [1.29, 1.82) is 0 Å². The van der Waals surface area contributed by atoms with E-state index in [1.54, 1.807) is 32.6 Å². The van der Waals surface area contributed by atoms with Crippen LogP contribution >= 0.6 is 0 Å². The van der Waals surface area contributed by atoms with Gasteiger partial charge in [0.2, 0.25) is 5.88 Å². The maximum absolute atomic E-state index is 12.4. The highest BCUT2D eigenvalue weighted by Gasteiger charge is 2.40. The normalized spacial score (nSPS) is 17.4. The molecule has 2 atom stereocenters. The molecule has 1 N–H and O–H groups in total. The van der Waals surface area contributed by atoms with E-state index in [-0.39, 0.29) is 5.56 Å². The first-order valence-corrected chi connectivity index (χ1v) is 9.90. The van der Waals surface area contributed by atoms with Crippen LogP contribution in [-0.2, 0) is 13.6 Å². The van der Waals surface area contributed by atoms with Crippen LogP contribution in [0.5, 0.6) is 11.6 Å². The molecule has 1 aliphatic carbocycles. The Hall–Kier alpha value is -3.42. The van der Waals surface area contributed by atoms with Crippen LogP contribution in [0.4, 0.5) is 5.69 Å². The third-order valence-electron chi connectivity index (χ3n) is 5.24. The predicted octanol–water partition coefficient (Wildman–Crippen LogP) is 2.68. The lowest BCUT2D eigenvalue weighted by Gasteiger charge is -2.11. The average Bonchev–Trinajstić information content (AvgIpc) is 3.54. The molecule has 0 spiro atoms. The minimum absolute atomic E-state index is 0.200. The molecular weight excluding hydrogens is 382 g/mol. The van der Waals surface area contributed by atoms with Crippen LogP contribution in [0.15, 0.2) is 47.5 Å². The number of aromatic nitrogens is 4. The minimum Gasteiger partial charge on any atom is -0.495 e. The molecule has 0 aromatic carbocycles. The van der Waals surface area contributed by atoms with E-state index in [2.05, 4.69) is 20.4 Å². The lowest BCUT2D eigenvalue weighted by Crippen LogP contribution is -2.24. The summed E-state index contributed by atoms with van der Waals surface area (Å²) in [5, 5.41) is 7.38. The van der Waals surface area contributed by atoms with E-state index in [0.29, 0.717) is 36.6 Å². The summed E-state index contributed by atoms with van der Waals surface area (Å²) < 4.78 is 12.3. The standard InChI is InChI=1S/C22H25N5O3/c1-14-4-5-15(10-23-14)11-24-20-9-21(26-27(2)22(20)28)30-13-16-8-18(16)19-7-6-17(29-3)12-25-19/h4-7,9-10,12,16,18,24H,8,11,13H2,1-3H3/t16-,18+/m1/s1. The molecule has 3 aromatic heterocycles. The smallest absolute Gasteiger partial charge is 0.290 e. The van der Waals surface area contributed by atoms with Gasteiger partial charge in [-0.15, -0.1) is 5.10 Å². The Morgan fingerprint density at radius 3 is 2.77 bits per heavy atom. The molecular formula is C22H25N5O3. The van der Waals surface area contributed by atoms with Crippen molar-refractivity contribution < 1.29 is 9.47 Å². The van der Waals surface area contributed by atoms with Crippen molar-refractivity contribution in [1.82, 2.24) is 19.7 Å². The Kier molecular flexibility index (Phi) is 5.65. The molecule has 8 heteroatoms. The van der Waals surface area contributed by atoms with Crippen molar-refractivity contribution in [2.45, 2.75) is 25.8 Å². The number of nitrogens with one attached hydrogen (secondary N) is 1. The minimum atomic E-state index is -0.200. The van der Waals surface area contributed by atoms with Gasteiger partial charge in [-0.1, -0.05) is 6.07 Å². The van der Waals surface area contributed by atoms with Crippen molar-refractivity contribution >= 4 is 5.69 Å². The lowest BCUT2D eigenvalue weighted by atomic mass is 10.2. The first-order chi connectivity index (χ1) is 14.5. The Morgan fingerprint density at radius 1 is 1.20 bits per heavy atom. The van der Waals surface area contributed by atoms with Gasteiger partial charge in [-0.3, -0.25) is 14.8 Å². The van der Waals surface area contributed by atoms with Gasteiger partial charge in [-0.05, 0) is 37.1 Å². The topological polar surface area (TPSA) is 91.2 Å². The van der Waals surface area contributed by atoms with Gasteiger partial charge >= 0.3 is 0 Å². The highest BCUT2D eigenvalue weighted by atomic mass is 16.5. The first-order valence-electron chi connectivity index (χ1n) is 9.90. The molecule has 1 fully saturated rings. The molecule has 0 amide bonds. The van der Waals surface area contributed by atoms with Crippen molar-refractivity contribution in [3.63, 3.8) is 0 Å². The zero-order valence-corrected chi connectivity index (χ0v) is 17.3. The predicted molar refractivity (Wildman–Crippen MR) is 113 cm³/mol. The van der Waals surface area contributed by atoms with Gasteiger partial charge in [0.1, 0.15) is 11.4 Å². The average molecular weight is 407 g/mol. The summed E-state index contributed by atoms with van der Waals surface area (Å²) in [6, 6.07) is 9.51. The van der Waals surface area contributed by atoms with Crippen LogP contribution in [0.1, 0.15) is 29.3 Å². The summed E-state index contributed by atoms with van der Waals surface area (Å²) >= 11 is 0. The van der Waals surface area contributed by atoms with Gasteiger partial charge < -0.3 is 14.8 Å². The number of nitrogens with zero attached hydrogens (tertiary/aromatic N) is 4. The molecule has 3 aromatic rings. The molecule has 0 bridgehead atoms. The highest BCUT2D eigenvalue weighted by Crippen LogP contribution is 2.46. The second-order valence-electron chi connectivity index (χ2n) is 7.52. The monoisotopic (exact) mass is 407 g/mol. The van der Waals surface area contributed by atoms with Gasteiger partial charge in [0, 0.05) is 49.1 Å². The van der Waals surface area contributed by atoms with E-state index in [1.807, 2.05) is 31.2 Å². The van der Waals surface area contributed by atoms with Crippen molar-refractivity contribution in [3.05, 3.63) is 70.0 Å². The molecule has 0 aliphatic heterocycles. The van der Waals surface area contributed by atoms with E-state index in [1.165, 1.54) is 4.68 Å². The third-order valence-corrected chi connectivity index (χ3v) is 5.24. The van der Waals surface area contributed by atoms with Crippen LogP contribution in [0, 0.1) is 12.8 Å². The summed E-state index contributed by atoms with van der Waals surface area (Å²) in [4.78, 5) is 21.1. The molecule has 30 heavy (non-hydrogen) atoms. The fourth-order valence-electron chi connectivity index (χ4n) is 3.30. The van der Waals surface area contributed by atoms with Gasteiger partial charge in [-0.25, -0.2) is 4.68 Å². The molecule has 0 saturated heterocycles. The van der Waals surface area contributed by atoms with Crippen LogP contribution in [-0.4, -0.2) is 33.5 Å². The van der Waals surface area contributed by atoms with Crippen molar-refractivity contribution in [2.24, 2.45) is 13.0 Å². The summed E-state index contributed by atoms with van der Waals surface area (Å²) in [6.45, 7) is 2.97. The van der Waals surface area contributed by atoms with Gasteiger partial charge in [0.05, 0.1) is 19.9 Å². The zero-order valence-electron chi connectivity index (χ0n) is 17.3. The van der Waals surface area contributed by atoms with Crippen LogP contribution in [0.2, 0.25) is 0 Å². The van der Waals surface area contributed by atoms with E-state index >= 15 is 0 Å². The summed E-state index contributed by atoms with van der Waals surface area (Å²) in [6.07, 6.45) is 4.56. The van der Waals surface area contributed by atoms with Gasteiger partial charge in [0.25, 0.3) is 5.56 Å². The fourth-order valence-corrected chi connectivity index (χ4v) is 3.30. The number of methoxy groups -OCH3 is 1. The highest BCUT2D eigenvalue weighted by molar-refractivity contribution is 5.44. The van der Waals surface area contributed by atoms with Crippen LogP contribution in [0.25, 0.3) is 0 Å². The van der Waals surface area contributed by atoms with Gasteiger partial charge in [0.15, 0.2) is 0 Å². The third kappa shape index (κ3) is 4.59. The van der Waals surface area contributed by atoms with Crippen molar-refractivity contribution in [2.75, 3.05) is 19.0 Å². The molecule has 1 aliphatic rings. The Balaban J connectivity index is 1.36. The lowest BCUT2D eigenvalue weighted by molar-refractivity contribution is 0.278. The van der Waals surface area contributed by atoms with Crippen LogP contribution in [0.3, 0.4) is 0 Å². The summed E-state index contributed by atoms with van der Waals surface area (Å²) in [7, 11) is 3.25. The molecule has 156 valence electrons. The largest absolute Gasteiger partial charge is 0.495 e. The van der Waals surface area contributed by atoms with E-state index in [9.17, 15) is 4.79 Å². The number of rotatable bonds is 8. The van der Waals surface area contributed by atoms with E-state index in [4.69, 9.17) is 9.47 Å². The Labute approximate surface area is 174 Å². The Morgan fingerprint density at radius 2 is 2.07 bits per heavy atom. The summed E-state index contributed by atoms with van der Waals surface area (Å²) in [5.41, 5.74) is 3.25. The van der Waals surface area contributed by atoms with Gasteiger partial charge in [-0.2, -0.15) is 0 Å². The number of pyridine rings is 2. The van der Waals surface area contributed by atoms with Crippen LogP contribution < -0.4 is 20.3 Å². The summed E-state index contributed by atoms with van der Waals surface area (Å²) in [5.74, 6) is 1.95. The zero-order chi connectivity index (χ0) is 21.1. The number of hydrogen-bond acceptors (Lipinski definition) is 7. The number of ether oxygens (including phenoxy) is 2. The quantitative estimate of drug-likeness (QED) is 0.614. The molecule has 4 rings (SSSR count). The SMILES string of the molecule is COc1ccc([C@H]2C[C@@H]2COc2cc(NCc3ccc(C)nc3)c(=O)n(C)n2)nc1. The molecule has 1 saturated carbocycles. The second-order valence-corrected chi connectivity index (χ2v) is 7.52. The fraction of sp³-hybridized carbons (Fsp3) is 0.364. The Bertz CT molecular complexity index is 1060. The number of anilines is 1. The molecule has 0 radical (unpaired) electrons. The maximum Gasteiger partial charge on any atom is 0.290 e. The molecule has 8 nitrogen and oxygen atoms in total. The second kappa shape index (κ2) is 8.52. The number of hydrogen-bond donors (Lipinski definition) is 1. The van der Waals surface area contributed by atoms with E-state index < -0.39 is 0 Å². The first kappa shape index (κ1) is 19.9. The molecule has 0 unspecified atom stereocenters.